The first-order chi connectivity index (χ1) is 62.0. The largest absolute Gasteiger partial charge is 0.0651 e. The Bertz CT molecular complexity index is 2760. The summed E-state index contributed by atoms with van der Waals surface area (Å²) in [4.78, 5) is 0. The highest BCUT2D eigenvalue weighted by Crippen LogP contribution is 2.61. The van der Waals surface area contributed by atoms with E-state index in [-0.39, 0.29) is 0 Å². The van der Waals surface area contributed by atoms with Gasteiger partial charge < -0.3 is 0 Å². The van der Waals surface area contributed by atoms with Gasteiger partial charge in [-0.1, -0.05) is 646 Å². The zero-order valence-corrected chi connectivity index (χ0v) is 119. The lowest BCUT2D eigenvalue weighted by atomic mass is 9.56. The summed E-state index contributed by atoms with van der Waals surface area (Å²) in [5.74, 6) is 18.5. The fraction of sp³-hybridized carbons (Fsp3) is 1.00. The molecule has 0 radical (unpaired) electrons. The van der Waals surface area contributed by atoms with Gasteiger partial charge >= 0.3 is 0 Å². The van der Waals surface area contributed by atoms with Crippen LogP contribution in [-0.2, 0) is 0 Å². The summed E-state index contributed by atoms with van der Waals surface area (Å²) in [5.41, 5.74) is 9.83. The molecule has 0 amide bonds. The zero-order valence-electron chi connectivity index (χ0n) is 119. The third kappa shape index (κ3) is 78.7. The lowest BCUT2D eigenvalue weighted by molar-refractivity contribution is 0.00574. The van der Waals surface area contributed by atoms with Gasteiger partial charge in [0.25, 0.3) is 0 Å². The molecule has 0 spiro atoms. The molecule has 0 heterocycles. The Morgan fingerprint density at radius 2 is 0.552 bits per heavy atom. The summed E-state index contributed by atoms with van der Waals surface area (Å²) in [6.45, 7) is 193. The van der Waals surface area contributed by atoms with Crippen molar-refractivity contribution in [2.24, 2.45) is 232 Å². The van der Waals surface area contributed by atoms with Crippen LogP contribution < -0.4 is 0 Å². The van der Waals surface area contributed by atoms with E-state index in [0.717, 1.165) is 112 Å². The van der Waals surface area contributed by atoms with Crippen molar-refractivity contribution in [2.45, 2.75) is 697 Å². The summed E-state index contributed by atoms with van der Waals surface area (Å²) < 4.78 is 0. The van der Waals surface area contributed by atoms with Gasteiger partial charge in [-0.05, 0) is 283 Å². The molecule has 6 aliphatic rings. The zero-order chi connectivity index (χ0) is 119. The van der Waals surface area contributed by atoms with Crippen molar-refractivity contribution in [1.29, 1.82) is 0 Å². The average Bonchev–Trinajstić information content (AvgIpc) is 1.61. The Morgan fingerprint density at radius 3 is 0.587 bits per heavy atom. The maximum Gasteiger partial charge on any atom is -0.0257 e. The molecule has 0 N–H and O–H groups in total. The highest BCUT2D eigenvalue weighted by Gasteiger charge is 2.50. The van der Waals surface area contributed by atoms with E-state index in [1.54, 1.807) is 19.3 Å². The first kappa shape index (κ1) is 165. The molecule has 6 fully saturated rings. The van der Waals surface area contributed by atoms with Crippen LogP contribution in [0.5, 0.6) is 0 Å². The van der Waals surface area contributed by atoms with Crippen LogP contribution in [0.15, 0.2) is 0 Å². The predicted octanol–water partition coefficient (Wildman–Crippen LogP) is 52.6. The second-order valence-electron chi connectivity index (χ2n) is 70.0. The maximum absolute atomic E-state index is 2.44. The van der Waals surface area contributed by atoms with Crippen molar-refractivity contribution in [1.82, 2.24) is 0 Å². The average molecular weight is 2030 g/mol. The lowest BCUT2D eigenvalue weighted by Crippen LogP contribution is -2.41. The van der Waals surface area contributed by atoms with Crippen LogP contribution in [0.3, 0.4) is 0 Å². The van der Waals surface area contributed by atoms with Gasteiger partial charge in [0.2, 0.25) is 0 Å². The van der Waals surface area contributed by atoms with E-state index in [4.69, 9.17) is 0 Å². The van der Waals surface area contributed by atoms with Crippen molar-refractivity contribution in [2.75, 3.05) is 0 Å². The molecular weight excluding hydrogens is 1720 g/mol. The van der Waals surface area contributed by atoms with Gasteiger partial charge in [0.05, 0.1) is 0 Å². The molecule has 0 aromatic heterocycles. The minimum Gasteiger partial charge on any atom is -0.0651 e. The summed E-state index contributed by atoms with van der Waals surface area (Å²) >= 11 is 0. The number of hydrogen-bond donors (Lipinski definition) is 0. The van der Waals surface area contributed by atoms with E-state index in [1.807, 2.05) is 0 Å². The molecule has 0 aromatic rings. The van der Waals surface area contributed by atoms with Gasteiger partial charge in [0.15, 0.2) is 0 Å². The molecule has 6 saturated carbocycles. The van der Waals surface area contributed by atoms with Crippen LogP contribution in [0.4, 0.5) is 0 Å². The van der Waals surface area contributed by atoms with Crippen LogP contribution >= 0.6 is 0 Å². The number of hydrogen-bond acceptors (Lipinski definition) is 0. The predicted molar refractivity (Wildman–Crippen MR) is 681 cm³/mol. The molecule has 0 saturated heterocycles. The van der Waals surface area contributed by atoms with Crippen molar-refractivity contribution >= 4 is 0 Å². The first-order valence-corrected chi connectivity index (χ1v) is 62.0. The Morgan fingerprint density at radius 1 is 0.273 bits per heavy atom. The Hall–Kier alpha value is 0. The third-order valence-electron chi connectivity index (χ3n) is 43.3. The normalized spacial score (nSPS) is 19.5. The number of rotatable bonds is 14. The SMILES string of the molecule is CC(C(C)(C)C)C(C)(C)C.CC(C)(C)C(C)(C)C.CC(C)(C)C(C)(C)C.CC(C)(C)C(C)(C)C.CC(C)(C)C(C)(C)C(C)(C)C.CC(C)C(C)(C)C(C)(C)C.CC(C)C(C)(C)C(C)C.CC(C)C(C)C(C)C.CC(C)[C@@H](C)C(C)(C)C.CC1(C2CC2)CC1.CC1CC(C)C1C.CCC(C)(C)C(C)(C)C.CCC(C)(C)C(C)C.CCC(C)C(C)(C)C.CCC1CCCCC1.CC[C@@H](C)C(C)(C)C.C[C@H]1CC1C1CC1. The Labute approximate surface area is 923 Å². The van der Waals surface area contributed by atoms with Crippen molar-refractivity contribution in [3.8, 4) is 0 Å². The topological polar surface area (TPSA) is 0 Å². The molecule has 7 atom stereocenters. The summed E-state index contributed by atoms with van der Waals surface area (Å²) in [6.07, 6.45) is 26.3. The van der Waals surface area contributed by atoms with Gasteiger partial charge in [-0.2, -0.15) is 0 Å². The van der Waals surface area contributed by atoms with Gasteiger partial charge in [-0.25, -0.2) is 0 Å². The maximum atomic E-state index is 2.44. The lowest BCUT2D eigenvalue weighted by Gasteiger charge is -2.49. The van der Waals surface area contributed by atoms with E-state index in [1.165, 1.54) is 108 Å². The van der Waals surface area contributed by atoms with E-state index < -0.39 is 0 Å². The molecule has 0 aromatic carbocycles. The van der Waals surface area contributed by atoms with E-state index in [0.29, 0.717) is 108 Å². The molecule has 0 aliphatic heterocycles. The summed E-state index contributed by atoms with van der Waals surface area (Å²) in [7, 11) is 0. The molecule has 0 bridgehead atoms. The van der Waals surface area contributed by atoms with Crippen molar-refractivity contribution < 1.29 is 0 Å². The highest BCUT2D eigenvalue weighted by atomic mass is 14.6. The van der Waals surface area contributed by atoms with E-state index >= 15 is 0 Å². The molecule has 880 valence electrons. The highest BCUT2D eigenvalue weighted by molar-refractivity contribution is 5.01. The van der Waals surface area contributed by atoms with Crippen LogP contribution in [0.25, 0.3) is 0 Å². The monoisotopic (exact) mass is 2030 g/mol. The minimum atomic E-state index is 0.375. The minimum absolute atomic E-state index is 0.375. The molecule has 143 heavy (non-hydrogen) atoms. The third-order valence-corrected chi connectivity index (χ3v) is 43.3. The molecule has 6 aliphatic carbocycles. The van der Waals surface area contributed by atoms with Crippen LogP contribution in [0, 0.1) is 232 Å². The van der Waals surface area contributed by atoms with Gasteiger partial charge in [0.1, 0.15) is 0 Å². The Balaban J connectivity index is -0.000000144. The van der Waals surface area contributed by atoms with Gasteiger partial charge in [-0.3, -0.25) is 0 Å². The standard InChI is InChI=1S/C11H24.2C10H22.3C9H20.C8H16.7C8H18.2C7H12.C7H14/c1-9(2,3)11(7,8)10(4,5)6;1-8(9(2,3)4)10(5,6)7;1-8(2)10(6,7)9(3,4)5;1-7-9(5,6)8(2,3)4;1-7(2)8(3)9(4,5)6;1-7(2)9(5,6)8(3)4;1-2-8-6-4-3-5-7-8;3*1-7(2,3)8(4,5)6;2*1-6-7(2)8(3,4)5;1-6-8(4,5)7(2)3;1-6(2)8(5)7(3)4;1-7(4-5-7)6-2-3-6;1-5-4-7(5)6-2-3-6;1-5-4-6(2)7(5)3/h1-8H3;2*8H,1-7H3;7H2,1-6H3;2*7-8H,1-6H3;8H,2-7H2,1H3;3*1-6H3;3*7H,6H2,1-5H3;6-8H,1-5H3;6H,2-5H2,1H3;5-7H,2-4H2,1H3;5-7H,4H2,1-3H3/t;;;;8-;;;;;;7-;;;;;5-,7?;/m....1.....1....0./s1. The van der Waals surface area contributed by atoms with E-state index in [9.17, 15) is 0 Å². The van der Waals surface area contributed by atoms with Crippen LogP contribution in [-0.4, -0.2) is 0 Å². The Kier molecular flexibility index (Phi) is 78.5. The summed E-state index contributed by atoms with van der Waals surface area (Å²) in [5, 5.41) is 0. The second kappa shape index (κ2) is 67.8. The van der Waals surface area contributed by atoms with Crippen molar-refractivity contribution in [3.63, 3.8) is 0 Å². The smallest absolute Gasteiger partial charge is 0.0257 e. The quantitative estimate of drug-likeness (QED) is 0.163. The fourth-order valence-corrected chi connectivity index (χ4v) is 13.8. The van der Waals surface area contributed by atoms with Crippen LogP contribution in [0.2, 0.25) is 0 Å². The molecule has 0 heteroatoms. The van der Waals surface area contributed by atoms with E-state index in [2.05, 4.69) is 582 Å². The molecular formula is C143H308. The summed E-state index contributed by atoms with van der Waals surface area (Å²) in [6, 6.07) is 0. The molecule has 6 rings (SSSR count). The second-order valence-corrected chi connectivity index (χ2v) is 70.0. The van der Waals surface area contributed by atoms with Gasteiger partial charge in [-0.15, -0.1) is 0 Å². The van der Waals surface area contributed by atoms with Gasteiger partial charge in [0, 0.05) is 0 Å². The molecule has 4 unspecified atom stereocenters. The first-order valence-electron chi connectivity index (χ1n) is 62.0. The fourth-order valence-electron chi connectivity index (χ4n) is 13.8. The molecule has 0 nitrogen and oxygen atoms in total. The van der Waals surface area contributed by atoms with Crippen molar-refractivity contribution in [3.05, 3.63) is 0 Å². The van der Waals surface area contributed by atoms with Crippen LogP contribution in [0.1, 0.15) is 697 Å².